The van der Waals surface area contributed by atoms with Crippen molar-refractivity contribution in [2.45, 2.75) is 49.3 Å². The van der Waals surface area contributed by atoms with Crippen molar-refractivity contribution in [2.24, 2.45) is 5.73 Å². The van der Waals surface area contributed by atoms with Gasteiger partial charge < -0.3 is 11.1 Å². The van der Waals surface area contributed by atoms with Gasteiger partial charge in [-0.1, -0.05) is 31.0 Å². The Kier molecular flexibility index (Phi) is 5.52. The number of nitriles is 1. The van der Waals surface area contributed by atoms with E-state index in [1.54, 1.807) is 4.68 Å². The van der Waals surface area contributed by atoms with Crippen LogP contribution in [0.15, 0.2) is 5.16 Å². The van der Waals surface area contributed by atoms with Crippen LogP contribution in [0.5, 0.6) is 0 Å². The highest BCUT2D eigenvalue weighted by molar-refractivity contribution is 7.99. The van der Waals surface area contributed by atoms with Gasteiger partial charge in [-0.15, -0.1) is 5.10 Å². The van der Waals surface area contributed by atoms with Crippen molar-refractivity contribution in [1.82, 2.24) is 25.5 Å². The molecule has 1 aliphatic carbocycles. The van der Waals surface area contributed by atoms with E-state index in [-0.39, 0.29) is 11.7 Å². The van der Waals surface area contributed by atoms with Crippen molar-refractivity contribution < 1.29 is 4.79 Å². The van der Waals surface area contributed by atoms with E-state index in [1.165, 1.54) is 11.8 Å². The molecule has 1 fully saturated rings. The number of aromatic nitrogens is 4. The molecule has 1 amide bonds. The maximum absolute atomic E-state index is 12.1. The normalized spacial score (nSPS) is 17.1. The van der Waals surface area contributed by atoms with Gasteiger partial charge in [-0.05, 0) is 23.3 Å². The monoisotopic (exact) mass is 309 g/mol. The van der Waals surface area contributed by atoms with Crippen molar-refractivity contribution >= 4 is 17.7 Å². The smallest absolute Gasteiger partial charge is 0.231 e. The summed E-state index contributed by atoms with van der Waals surface area (Å²) in [5.41, 5.74) is 4.77. The van der Waals surface area contributed by atoms with Crippen molar-refractivity contribution in [3.05, 3.63) is 0 Å². The number of nitrogens with two attached hydrogens (primary N) is 1. The minimum atomic E-state index is -0.695. The predicted octanol–water partition coefficient (Wildman–Crippen LogP) is 0.0666. The second-order valence-corrected chi connectivity index (χ2v) is 6.01. The number of hydrogen-bond donors (Lipinski definition) is 2. The molecule has 0 atom stereocenters. The molecule has 1 aliphatic rings. The number of rotatable bonds is 6. The van der Waals surface area contributed by atoms with Gasteiger partial charge in [-0.3, -0.25) is 4.79 Å². The van der Waals surface area contributed by atoms with Crippen LogP contribution in [0.4, 0.5) is 0 Å². The van der Waals surface area contributed by atoms with Crippen LogP contribution in [0.25, 0.3) is 0 Å². The SMILES string of the molecule is N#CC1(NC(=O)CSc2nnnn2CCN)CCCCC1. The first-order valence-corrected chi connectivity index (χ1v) is 7.99. The highest BCUT2D eigenvalue weighted by atomic mass is 32.2. The number of nitrogens with one attached hydrogen (secondary N) is 1. The standard InChI is InChI=1S/C12H19N7OS/c13-6-7-19-11(16-17-18-19)21-8-10(20)15-12(9-14)4-2-1-3-5-12/h1-8,13H2,(H,15,20). The van der Waals surface area contributed by atoms with Crippen molar-refractivity contribution in [1.29, 1.82) is 5.26 Å². The van der Waals surface area contributed by atoms with Gasteiger partial charge >= 0.3 is 0 Å². The van der Waals surface area contributed by atoms with Gasteiger partial charge in [-0.25, -0.2) is 4.68 Å². The highest BCUT2D eigenvalue weighted by Crippen LogP contribution is 2.27. The third-order valence-electron chi connectivity index (χ3n) is 3.47. The van der Waals surface area contributed by atoms with Gasteiger partial charge in [0.05, 0.1) is 18.4 Å². The molecule has 1 aromatic rings. The lowest BCUT2D eigenvalue weighted by Crippen LogP contribution is -2.49. The predicted molar refractivity (Wildman–Crippen MR) is 77.2 cm³/mol. The Labute approximate surface area is 127 Å². The average molecular weight is 309 g/mol. The van der Waals surface area contributed by atoms with Crippen molar-refractivity contribution in [3.63, 3.8) is 0 Å². The largest absolute Gasteiger partial charge is 0.337 e. The first kappa shape index (κ1) is 15.7. The minimum absolute atomic E-state index is 0.161. The van der Waals surface area contributed by atoms with Crippen LogP contribution < -0.4 is 11.1 Å². The molecule has 0 radical (unpaired) electrons. The van der Waals surface area contributed by atoms with E-state index in [1.807, 2.05) is 0 Å². The molecule has 9 heteroatoms. The summed E-state index contributed by atoms with van der Waals surface area (Å²) in [5.74, 6) is 0.0275. The minimum Gasteiger partial charge on any atom is -0.337 e. The number of carbonyl (C=O) groups excluding carboxylic acids is 1. The molecule has 0 bridgehead atoms. The van der Waals surface area contributed by atoms with Gasteiger partial charge in [0.2, 0.25) is 11.1 Å². The van der Waals surface area contributed by atoms with Crippen molar-refractivity contribution in [3.8, 4) is 6.07 Å². The molecule has 1 heterocycles. The van der Waals surface area contributed by atoms with Crippen LogP contribution in [0.2, 0.25) is 0 Å². The van der Waals surface area contributed by atoms with Crippen LogP contribution >= 0.6 is 11.8 Å². The lowest BCUT2D eigenvalue weighted by atomic mass is 9.83. The zero-order valence-electron chi connectivity index (χ0n) is 11.8. The van der Waals surface area contributed by atoms with Crippen molar-refractivity contribution in [2.75, 3.05) is 12.3 Å². The Morgan fingerprint density at radius 3 is 2.90 bits per heavy atom. The number of thioether (sulfide) groups is 1. The van der Waals surface area contributed by atoms with Crippen LogP contribution in [-0.2, 0) is 11.3 Å². The topological polar surface area (TPSA) is 123 Å². The fourth-order valence-corrected chi connectivity index (χ4v) is 3.12. The molecule has 0 spiro atoms. The van der Waals surface area contributed by atoms with Gasteiger partial charge in [0.25, 0.3) is 0 Å². The summed E-state index contributed by atoms with van der Waals surface area (Å²) in [6.07, 6.45) is 4.54. The van der Waals surface area contributed by atoms with Crippen LogP contribution in [-0.4, -0.2) is 44.0 Å². The molecule has 21 heavy (non-hydrogen) atoms. The number of carbonyl (C=O) groups is 1. The molecule has 0 aromatic carbocycles. The summed E-state index contributed by atoms with van der Waals surface area (Å²) < 4.78 is 1.57. The molecule has 0 unspecified atom stereocenters. The number of hydrogen-bond acceptors (Lipinski definition) is 7. The molecular formula is C12H19N7OS. The third-order valence-corrected chi connectivity index (χ3v) is 4.43. The quantitative estimate of drug-likeness (QED) is 0.713. The fraction of sp³-hybridized carbons (Fsp3) is 0.750. The second kappa shape index (κ2) is 7.38. The zero-order valence-corrected chi connectivity index (χ0v) is 12.6. The van der Waals surface area contributed by atoms with Crippen LogP contribution in [0.1, 0.15) is 32.1 Å². The molecular weight excluding hydrogens is 290 g/mol. The summed E-state index contributed by atoms with van der Waals surface area (Å²) in [7, 11) is 0. The van der Waals surface area contributed by atoms with Crippen LogP contribution in [0, 0.1) is 11.3 Å². The lowest BCUT2D eigenvalue weighted by Gasteiger charge is -2.31. The van der Waals surface area contributed by atoms with E-state index in [0.717, 1.165) is 32.1 Å². The Bertz CT molecular complexity index is 518. The summed E-state index contributed by atoms with van der Waals surface area (Å²) >= 11 is 1.25. The summed E-state index contributed by atoms with van der Waals surface area (Å²) in [5, 5.41) is 24.0. The molecule has 0 aliphatic heterocycles. The van der Waals surface area contributed by atoms with Gasteiger partial charge in [0, 0.05) is 6.54 Å². The van der Waals surface area contributed by atoms with Gasteiger partial charge in [0.1, 0.15) is 5.54 Å². The molecule has 3 N–H and O–H groups in total. The number of tetrazole rings is 1. The summed E-state index contributed by atoms with van der Waals surface area (Å²) in [6, 6.07) is 2.27. The lowest BCUT2D eigenvalue weighted by molar-refractivity contribution is -0.120. The Morgan fingerprint density at radius 1 is 1.48 bits per heavy atom. The maximum atomic E-state index is 12.1. The van der Waals surface area contributed by atoms with E-state index < -0.39 is 5.54 Å². The van der Waals surface area contributed by atoms with E-state index in [9.17, 15) is 10.1 Å². The first-order chi connectivity index (χ1) is 10.2. The van der Waals surface area contributed by atoms with E-state index >= 15 is 0 Å². The average Bonchev–Trinajstić information content (AvgIpc) is 2.94. The highest BCUT2D eigenvalue weighted by Gasteiger charge is 2.33. The first-order valence-electron chi connectivity index (χ1n) is 7.00. The number of nitrogens with zero attached hydrogens (tertiary/aromatic N) is 5. The maximum Gasteiger partial charge on any atom is 0.231 e. The fourth-order valence-electron chi connectivity index (χ4n) is 2.42. The van der Waals surface area contributed by atoms with E-state index in [4.69, 9.17) is 5.73 Å². The molecule has 2 rings (SSSR count). The molecule has 114 valence electrons. The Morgan fingerprint density at radius 2 is 2.24 bits per heavy atom. The van der Waals surface area contributed by atoms with E-state index in [0.29, 0.717) is 18.2 Å². The molecule has 8 nitrogen and oxygen atoms in total. The summed E-state index contributed by atoms with van der Waals surface area (Å²) in [4.78, 5) is 12.1. The zero-order chi connectivity index (χ0) is 15.1. The Hall–Kier alpha value is -1.66. The molecule has 0 saturated heterocycles. The van der Waals surface area contributed by atoms with E-state index in [2.05, 4.69) is 26.9 Å². The summed E-state index contributed by atoms with van der Waals surface area (Å²) in [6.45, 7) is 0.946. The van der Waals surface area contributed by atoms with Gasteiger partial charge in [0.15, 0.2) is 0 Å². The third kappa shape index (κ3) is 4.15. The molecule has 1 aromatic heterocycles. The molecule has 1 saturated carbocycles. The van der Waals surface area contributed by atoms with Crippen LogP contribution in [0.3, 0.4) is 0 Å². The number of amides is 1. The second-order valence-electron chi connectivity index (χ2n) is 5.06. The van der Waals surface area contributed by atoms with Gasteiger partial charge in [-0.2, -0.15) is 5.26 Å². The Balaban J connectivity index is 1.87.